The number of halogens is 3. The third-order valence-corrected chi connectivity index (χ3v) is 9.39. The van der Waals surface area contributed by atoms with Crippen molar-refractivity contribution in [3.63, 3.8) is 0 Å². The first kappa shape index (κ1) is 37.0. The van der Waals surface area contributed by atoms with Crippen molar-refractivity contribution in [3.8, 4) is 5.75 Å². The number of aryl methyl sites for hydroxylation is 1. The fourth-order valence-corrected chi connectivity index (χ4v) is 6.58. The van der Waals surface area contributed by atoms with E-state index in [1.165, 1.54) is 30.2 Å². The number of amides is 2. The molecule has 0 bridgehead atoms. The lowest BCUT2D eigenvalue weighted by atomic mass is 10.0. The number of nitrogens with one attached hydrogen (secondary N) is 1. The molecular formula is C37H40F3N3O5S. The van der Waals surface area contributed by atoms with Crippen molar-refractivity contribution in [2.45, 2.75) is 63.3 Å². The van der Waals surface area contributed by atoms with Crippen LogP contribution in [0.4, 0.5) is 18.9 Å². The maximum absolute atomic E-state index is 14.6. The third kappa shape index (κ3) is 9.85. The van der Waals surface area contributed by atoms with Gasteiger partial charge in [-0.2, -0.15) is 13.2 Å². The molecule has 8 nitrogen and oxygen atoms in total. The Kier molecular flexibility index (Phi) is 11.4. The van der Waals surface area contributed by atoms with Crippen molar-refractivity contribution < 1.29 is 35.9 Å². The van der Waals surface area contributed by atoms with Gasteiger partial charge in [-0.05, 0) is 81.3 Å². The fraction of sp³-hybridized carbons (Fsp3) is 0.297. The van der Waals surface area contributed by atoms with Crippen LogP contribution in [0.3, 0.4) is 0 Å². The van der Waals surface area contributed by atoms with Gasteiger partial charge in [0.2, 0.25) is 11.8 Å². The normalized spacial score (nSPS) is 12.6. The second-order valence-corrected chi connectivity index (χ2v) is 14.6. The summed E-state index contributed by atoms with van der Waals surface area (Å²) in [7, 11) is -3.09. The summed E-state index contributed by atoms with van der Waals surface area (Å²) in [5, 5.41) is 2.94. The number of sulfonamides is 1. The van der Waals surface area contributed by atoms with Crippen LogP contribution in [0, 0.1) is 6.92 Å². The molecule has 12 heteroatoms. The Morgan fingerprint density at radius 3 is 2.08 bits per heavy atom. The van der Waals surface area contributed by atoms with E-state index in [4.69, 9.17) is 4.74 Å². The van der Waals surface area contributed by atoms with Crippen LogP contribution in [0.2, 0.25) is 0 Å². The number of carbonyl (C=O) groups excluding carboxylic acids is 2. The van der Waals surface area contributed by atoms with Crippen molar-refractivity contribution in [2.24, 2.45) is 0 Å². The minimum Gasteiger partial charge on any atom is -0.497 e. The lowest BCUT2D eigenvalue weighted by Gasteiger charge is -2.35. The minimum atomic E-state index is -4.77. The number of alkyl halides is 3. The second-order valence-electron chi connectivity index (χ2n) is 12.7. The SMILES string of the molecule is COc1cccc(CN(C(=O)CN(c2cccc(C(F)(F)F)c2)S(=O)(=O)c2ccc(C)cc2)[C@@H](Cc2ccccc2)C(=O)NC(C)(C)C)c1. The van der Waals surface area contributed by atoms with Crippen molar-refractivity contribution in [2.75, 3.05) is 18.0 Å². The molecule has 0 spiro atoms. The maximum atomic E-state index is 14.6. The first-order valence-electron chi connectivity index (χ1n) is 15.5. The topological polar surface area (TPSA) is 96.0 Å². The molecule has 0 radical (unpaired) electrons. The predicted molar refractivity (Wildman–Crippen MR) is 183 cm³/mol. The Balaban J connectivity index is 1.87. The van der Waals surface area contributed by atoms with Gasteiger partial charge >= 0.3 is 6.18 Å². The Labute approximate surface area is 285 Å². The number of ether oxygens (including phenoxy) is 1. The number of methoxy groups -OCH3 is 1. The van der Waals surface area contributed by atoms with Crippen LogP contribution in [0.25, 0.3) is 0 Å². The van der Waals surface area contributed by atoms with Crippen molar-refractivity contribution in [1.82, 2.24) is 10.2 Å². The molecule has 260 valence electrons. The van der Waals surface area contributed by atoms with E-state index in [0.29, 0.717) is 21.7 Å². The first-order chi connectivity index (χ1) is 23.0. The molecule has 0 heterocycles. The van der Waals surface area contributed by atoms with Gasteiger partial charge in [0.05, 0.1) is 23.3 Å². The molecular weight excluding hydrogens is 655 g/mol. The van der Waals surface area contributed by atoms with Gasteiger partial charge in [-0.1, -0.05) is 66.2 Å². The summed E-state index contributed by atoms with van der Waals surface area (Å²) in [4.78, 5) is 29.6. The lowest BCUT2D eigenvalue weighted by molar-refractivity contribution is -0.140. The van der Waals surface area contributed by atoms with Crippen LogP contribution in [-0.2, 0) is 38.8 Å². The summed E-state index contributed by atoms with van der Waals surface area (Å²) < 4.78 is 75.8. The summed E-state index contributed by atoms with van der Waals surface area (Å²) in [6, 6.07) is 24.3. The van der Waals surface area contributed by atoms with E-state index in [9.17, 15) is 31.2 Å². The molecule has 0 aromatic heterocycles. The molecule has 0 fully saturated rings. The zero-order chi connectivity index (χ0) is 36.0. The zero-order valence-corrected chi connectivity index (χ0v) is 28.8. The summed E-state index contributed by atoms with van der Waals surface area (Å²) in [5.74, 6) is -0.795. The predicted octanol–water partition coefficient (Wildman–Crippen LogP) is 6.77. The third-order valence-electron chi connectivity index (χ3n) is 7.61. The van der Waals surface area contributed by atoms with E-state index in [1.54, 1.807) is 76.2 Å². The number of hydrogen-bond donors (Lipinski definition) is 1. The monoisotopic (exact) mass is 695 g/mol. The molecule has 2 amide bonds. The molecule has 1 atom stereocenters. The molecule has 0 aliphatic carbocycles. The van der Waals surface area contributed by atoms with Crippen molar-refractivity contribution in [1.29, 1.82) is 0 Å². The standard InChI is InChI=1S/C37H40F3N3O5S/c1-26-17-19-32(20-18-26)49(46,47)43(30-15-10-14-29(23-30)37(38,39)40)25-34(44)42(24-28-13-9-16-31(21-28)48-5)33(35(45)41-36(2,3)4)22-27-11-7-6-8-12-27/h6-21,23,33H,22,24-25H2,1-5H3,(H,41,45)/t33-/m0/s1. The Morgan fingerprint density at radius 1 is 0.837 bits per heavy atom. The van der Waals surface area contributed by atoms with Gasteiger partial charge in [0, 0.05) is 18.5 Å². The summed E-state index contributed by atoms with van der Waals surface area (Å²) in [6.07, 6.45) is -4.70. The van der Waals surface area contributed by atoms with E-state index in [-0.39, 0.29) is 23.5 Å². The number of hydrogen-bond acceptors (Lipinski definition) is 5. The molecule has 0 saturated heterocycles. The van der Waals surface area contributed by atoms with Gasteiger partial charge in [-0.25, -0.2) is 8.42 Å². The van der Waals surface area contributed by atoms with Gasteiger partial charge in [-0.3, -0.25) is 13.9 Å². The number of benzene rings is 4. The zero-order valence-electron chi connectivity index (χ0n) is 28.0. The number of carbonyl (C=O) groups is 2. The van der Waals surface area contributed by atoms with Gasteiger partial charge < -0.3 is 15.0 Å². The van der Waals surface area contributed by atoms with Crippen LogP contribution in [0.1, 0.15) is 43.0 Å². The van der Waals surface area contributed by atoms with Crippen LogP contribution < -0.4 is 14.4 Å². The minimum absolute atomic E-state index is 0.0761. The number of rotatable bonds is 12. The second kappa shape index (κ2) is 15.1. The van der Waals surface area contributed by atoms with E-state index in [1.807, 2.05) is 18.2 Å². The molecule has 0 unspecified atom stereocenters. The van der Waals surface area contributed by atoms with Crippen molar-refractivity contribution >= 4 is 27.5 Å². The summed E-state index contributed by atoms with van der Waals surface area (Å²) in [5.41, 5.74) is -0.0394. The summed E-state index contributed by atoms with van der Waals surface area (Å²) >= 11 is 0. The fourth-order valence-electron chi connectivity index (χ4n) is 5.18. The van der Waals surface area contributed by atoms with Gasteiger partial charge in [0.1, 0.15) is 18.3 Å². The Hall–Kier alpha value is -4.84. The van der Waals surface area contributed by atoms with Gasteiger partial charge in [-0.15, -0.1) is 0 Å². The average molecular weight is 696 g/mol. The van der Waals surface area contributed by atoms with Crippen LogP contribution in [-0.4, -0.2) is 50.4 Å². The summed E-state index contributed by atoms with van der Waals surface area (Å²) in [6.45, 7) is 6.12. The van der Waals surface area contributed by atoms with Crippen LogP contribution in [0.5, 0.6) is 5.75 Å². The molecule has 4 aromatic rings. The lowest BCUT2D eigenvalue weighted by Crippen LogP contribution is -2.56. The molecule has 4 rings (SSSR count). The Bertz CT molecular complexity index is 1860. The molecule has 0 saturated carbocycles. The molecule has 0 aliphatic rings. The maximum Gasteiger partial charge on any atom is 0.416 e. The molecule has 49 heavy (non-hydrogen) atoms. The van der Waals surface area contributed by atoms with Gasteiger partial charge in [0.15, 0.2) is 0 Å². The van der Waals surface area contributed by atoms with E-state index < -0.39 is 51.7 Å². The van der Waals surface area contributed by atoms with Crippen LogP contribution >= 0.6 is 0 Å². The average Bonchev–Trinajstić information content (AvgIpc) is 3.04. The number of nitrogens with zero attached hydrogens (tertiary/aromatic N) is 2. The molecule has 0 aliphatic heterocycles. The molecule has 4 aromatic carbocycles. The highest BCUT2D eigenvalue weighted by atomic mass is 32.2. The van der Waals surface area contributed by atoms with E-state index in [0.717, 1.165) is 23.3 Å². The highest BCUT2D eigenvalue weighted by molar-refractivity contribution is 7.92. The number of anilines is 1. The highest BCUT2D eigenvalue weighted by Crippen LogP contribution is 2.33. The Morgan fingerprint density at radius 2 is 1.47 bits per heavy atom. The molecule has 1 N–H and O–H groups in total. The van der Waals surface area contributed by atoms with Gasteiger partial charge in [0.25, 0.3) is 10.0 Å². The highest BCUT2D eigenvalue weighted by Gasteiger charge is 2.37. The van der Waals surface area contributed by atoms with E-state index >= 15 is 0 Å². The van der Waals surface area contributed by atoms with Crippen LogP contribution in [0.15, 0.2) is 108 Å². The quantitative estimate of drug-likeness (QED) is 0.177. The smallest absolute Gasteiger partial charge is 0.416 e. The van der Waals surface area contributed by atoms with Crippen molar-refractivity contribution in [3.05, 3.63) is 125 Å². The largest absolute Gasteiger partial charge is 0.497 e. The first-order valence-corrected chi connectivity index (χ1v) is 17.0. The van der Waals surface area contributed by atoms with E-state index in [2.05, 4.69) is 5.32 Å².